The number of nitro benzene ring substituents is 1. The van der Waals surface area contributed by atoms with E-state index in [2.05, 4.69) is 11.8 Å². The lowest BCUT2D eigenvalue weighted by molar-refractivity contribution is -0.384. The molecule has 20 heavy (non-hydrogen) atoms. The minimum absolute atomic E-state index is 0.0196. The van der Waals surface area contributed by atoms with Gasteiger partial charge in [-0.05, 0) is 19.0 Å². The lowest BCUT2D eigenvalue weighted by Crippen LogP contribution is -2.46. The highest BCUT2D eigenvalue weighted by Crippen LogP contribution is 2.31. The Morgan fingerprint density at radius 3 is 2.60 bits per heavy atom. The van der Waals surface area contributed by atoms with Gasteiger partial charge in [-0.2, -0.15) is 0 Å². The van der Waals surface area contributed by atoms with E-state index >= 15 is 0 Å². The van der Waals surface area contributed by atoms with Crippen LogP contribution in [-0.2, 0) is 0 Å². The molecular formula is C14H21N3O3. The Morgan fingerprint density at radius 2 is 2.00 bits per heavy atom. The van der Waals surface area contributed by atoms with Crippen LogP contribution in [0.1, 0.15) is 19.8 Å². The summed E-state index contributed by atoms with van der Waals surface area (Å²) in [6.45, 7) is 6.73. The van der Waals surface area contributed by atoms with E-state index in [0.717, 1.165) is 32.7 Å². The van der Waals surface area contributed by atoms with Gasteiger partial charge in [0.2, 0.25) is 0 Å². The molecule has 0 aromatic heterocycles. The maximum Gasteiger partial charge on any atom is 0.271 e. The van der Waals surface area contributed by atoms with E-state index in [1.165, 1.54) is 31.0 Å². The second-order valence-electron chi connectivity index (χ2n) is 5.11. The number of benzene rings is 1. The van der Waals surface area contributed by atoms with Gasteiger partial charge in [-0.15, -0.1) is 0 Å². The highest BCUT2D eigenvalue weighted by atomic mass is 16.6. The summed E-state index contributed by atoms with van der Waals surface area (Å²) in [5, 5.41) is 20.7. The van der Waals surface area contributed by atoms with Crippen LogP contribution in [0.5, 0.6) is 5.75 Å². The van der Waals surface area contributed by atoms with Crippen molar-refractivity contribution in [3.63, 3.8) is 0 Å². The molecule has 1 N–H and O–H groups in total. The molecular weight excluding hydrogens is 258 g/mol. The molecule has 1 aromatic carbocycles. The fraction of sp³-hybridized carbons (Fsp3) is 0.571. The van der Waals surface area contributed by atoms with Crippen LogP contribution in [0.15, 0.2) is 18.2 Å². The first-order chi connectivity index (χ1) is 9.61. The standard InChI is InChI=1S/C14H21N3O3/c1-2-3-6-15-7-9-16(10-8-15)13-11-12(17(19)20)4-5-14(13)18/h4-5,11,18H,2-3,6-10H2,1H3. The minimum Gasteiger partial charge on any atom is -0.506 e. The van der Waals surface area contributed by atoms with Gasteiger partial charge in [-0.3, -0.25) is 15.0 Å². The Labute approximate surface area is 118 Å². The number of phenols is 1. The quantitative estimate of drug-likeness (QED) is 0.661. The van der Waals surface area contributed by atoms with Gasteiger partial charge in [-0.1, -0.05) is 13.3 Å². The summed E-state index contributed by atoms with van der Waals surface area (Å²) in [5.41, 5.74) is 0.584. The van der Waals surface area contributed by atoms with Crippen molar-refractivity contribution in [2.45, 2.75) is 19.8 Å². The van der Waals surface area contributed by atoms with Crippen molar-refractivity contribution >= 4 is 11.4 Å². The molecule has 0 bridgehead atoms. The summed E-state index contributed by atoms with van der Waals surface area (Å²) in [6, 6.07) is 4.18. The zero-order valence-corrected chi connectivity index (χ0v) is 11.8. The van der Waals surface area contributed by atoms with Gasteiger partial charge in [0.25, 0.3) is 5.69 Å². The topological polar surface area (TPSA) is 69.9 Å². The fourth-order valence-corrected chi connectivity index (χ4v) is 2.47. The molecule has 1 saturated heterocycles. The van der Waals surface area contributed by atoms with Gasteiger partial charge >= 0.3 is 0 Å². The predicted octanol–water partition coefficient (Wildman–Crippen LogP) is 2.22. The summed E-state index contributed by atoms with van der Waals surface area (Å²) < 4.78 is 0. The van der Waals surface area contributed by atoms with E-state index in [-0.39, 0.29) is 11.4 Å². The van der Waals surface area contributed by atoms with Crippen LogP contribution in [0.4, 0.5) is 11.4 Å². The molecule has 0 amide bonds. The normalized spacial score (nSPS) is 16.4. The Bertz CT molecular complexity index is 471. The number of unbranched alkanes of at least 4 members (excludes halogenated alkanes) is 1. The number of rotatable bonds is 5. The second-order valence-corrected chi connectivity index (χ2v) is 5.11. The average Bonchev–Trinajstić information content (AvgIpc) is 2.46. The number of non-ortho nitro benzene ring substituents is 1. The number of piperazine rings is 1. The van der Waals surface area contributed by atoms with Crippen LogP contribution in [0.25, 0.3) is 0 Å². The number of hydrogen-bond acceptors (Lipinski definition) is 5. The van der Waals surface area contributed by atoms with Gasteiger partial charge in [0, 0.05) is 38.3 Å². The summed E-state index contributed by atoms with van der Waals surface area (Å²) in [6.07, 6.45) is 2.38. The first kappa shape index (κ1) is 14.6. The fourth-order valence-electron chi connectivity index (χ4n) is 2.47. The van der Waals surface area contributed by atoms with E-state index in [1.807, 2.05) is 4.90 Å². The molecule has 1 fully saturated rings. The molecule has 0 saturated carbocycles. The molecule has 6 heteroatoms. The summed E-state index contributed by atoms with van der Waals surface area (Å²) in [7, 11) is 0. The van der Waals surface area contributed by atoms with Crippen LogP contribution in [0.3, 0.4) is 0 Å². The van der Waals surface area contributed by atoms with Crippen molar-refractivity contribution in [3.8, 4) is 5.75 Å². The number of phenolic OH excluding ortho intramolecular Hbond substituents is 1. The zero-order chi connectivity index (χ0) is 14.5. The molecule has 0 unspecified atom stereocenters. The molecule has 1 aromatic rings. The Balaban J connectivity index is 2.03. The summed E-state index contributed by atoms with van der Waals surface area (Å²) in [5.74, 6) is 0.109. The van der Waals surface area contributed by atoms with Gasteiger partial charge < -0.3 is 10.0 Å². The van der Waals surface area contributed by atoms with Crippen LogP contribution in [-0.4, -0.2) is 47.7 Å². The number of nitrogens with zero attached hydrogens (tertiary/aromatic N) is 3. The SMILES string of the molecule is CCCCN1CCN(c2cc([N+](=O)[O-])ccc2O)CC1. The maximum atomic E-state index is 10.8. The molecule has 0 aliphatic carbocycles. The average molecular weight is 279 g/mol. The van der Waals surface area contributed by atoms with E-state index < -0.39 is 4.92 Å². The van der Waals surface area contributed by atoms with Crippen LogP contribution in [0.2, 0.25) is 0 Å². The Morgan fingerprint density at radius 1 is 1.30 bits per heavy atom. The van der Waals surface area contributed by atoms with E-state index in [0.29, 0.717) is 5.69 Å². The van der Waals surface area contributed by atoms with Crippen LogP contribution in [0, 0.1) is 10.1 Å². The number of hydrogen-bond donors (Lipinski definition) is 1. The number of nitro groups is 1. The zero-order valence-electron chi connectivity index (χ0n) is 11.8. The van der Waals surface area contributed by atoms with Gasteiger partial charge in [0.15, 0.2) is 0 Å². The first-order valence-corrected chi connectivity index (χ1v) is 7.06. The highest BCUT2D eigenvalue weighted by molar-refractivity contribution is 5.62. The third-order valence-electron chi connectivity index (χ3n) is 3.71. The molecule has 1 heterocycles. The molecule has 110 valence electrons. The van der Waals surface area contributed by atoms with Gasteiger partial charge in [-0.25, -0.2) is 0 Å². The van der Waals surface area contributed by atoms with Crippen molar-refractivity contribution in [1.29, 1.82) is 0 Å². The van der Waals surface area contributed by atoms with Gasteiger partial charge in [0.05, 0.1) is 10.6 Å². The minimum atomic E-state index is -0.430. The van der Waals surface area contributed by atoms with E-state index in [1.54, 1.807) is 0 Å². The summed E-state index contributed by atoms with van der Waals surface area (Å²) in [4.78, 5) is 14.8. The smallest absolute Gasteiger partial charge is 0.271 e. The Kier molecular flexibility index (Phi) is 4.79. The third kappa shape index (κ3) is 3.39. The van der Waals surface area contributed by atoms with Crippen molar-refractivity contribution in [1.82, 2.24) is 4.90 Å². The van der Waals surface area contributed by atoms with Crippen LogP contribution < -0.4 is 4.90 Å². The van der Waals surface area contributed by atoms with Crippen LogP contribution >= 0.6 is 0 Å². The number of aromatic hydroxyl groups is 1. The highest BCUT2D eigenvalue weighted by Gasteiger charge is 2.20. The van der Waals surface area contributed by atoms with Crippen molar-refractivity contribution in [2.75, 3.05) is 37.6 Å². The lowest BCUT2D eigenvalue weighted by atomic mass is 10.2. The van der Waals surface area contributed by atoms with Crippen molar-refractivity contribution in [3.05, 3.63) is 28.3 Å². The van der Waals surface area contributed by atoms with Gasteiger partial charge in [0.1, 0.15) is 5.75 Å². The molecule has 0 spiro atoms. The largest absolute Gasteiger partial charge is 0.506 e. The van der Waals surface area contributed by atoms with E-state index in [4.69, 9.17) is 0 Å². The molecule has 0 atom stereocenters. The molecule has 0 radical (unpaired) electrons. The molecule has 6 nitrogen and oxygen atoms in total. The lowest BCUT2D eigenvalue weighted by Gasteiger charge is -2.36. The monoisotopic (exact) mass is 279 g/mol. The molecule has 1 aliphatic heterocycles. The number of anilines is 1. The summed E-state index contributed by atoms with van der Waals surface area (Å²) >= 11 is 0. The van der Waals surface area contributed by atoms with Crippen molar-refractivity contribution in [2.24, 2.45) is 0 Å². The molecule has 1 aliphatic rings. The van der Waals surface area contributed by atoms with Crippen molar-refractivity contribution < 1.29 is 10.0 Å². The predicted molar refractivity (Wildman–Crippen MR) is 78.3 cm³/mol. The first-order valence-electron chi connectivity index (χ1n) is 7.06. The van der Waals surface area contributed by atoms with E-state index in [9.17, 15) is 15.2 Å². The molecule has 2 rings (SSSR count). The maximum absolute atomic E-state index is 10.8. The second kappa shape index (κ2) is 6.56. The Hall–Kier alpha value is -1.82. The third-order valence-corrected chi connectivity index (χ3v) is 3.71.